The molecule has 1 heterocycles. The van der Waals surface area contributed by atoms with Crippen molar-refractivity contribution in [3.63, 3.8) is 0 Å². The first-order valence-corrected chi connectivity index (χ1v) is 12.4. The fraction of sp³-hybridized carbons (Fsp3) is 0.692. The van der Waals surface area contributed by atoms with Gasteiger partial charge in [-0.1, -0.05) is 37.3 Å². The van der Waals surface area contributed by atoms with Gasteiger partial charge < -0.3 is 14.7 Å². The van der Waals surface area contributed by atoms with E-state index in [0.717, 1.165) is 29.7 Å². The highest BCUT2D eigenvalue weighted by molar-refractivity contribution is 5.82. The second kappa shape index (κ2) is 9.73. The number of nitrogens with zero attached hydrogens (tertiary/aromatic N) is 2. The molecular formula is C26H35F3N2O4. The van der Waals surface area contributed by atoms with Crippen molar-refractivity contribution in [3.8, 4) is 0 Å². The van der Waals surface area contributed by atoms with E-state index in [1.807, 2.05) is 30.3 Å². The Balaban J connectivity index is 1.52. The molecule has 1 aromatic carbocycles. The van der Waals surface area contributed by atoms with Crippen LogP contribution in [-0.4, -0.2) is 77.9 Å². The molecule has 3 fully saturated rings. The molecule has 1 aromatic rings. The summed E-state index contributed by atoms with van der Waals surface area (Å²) in [6.45, 7) is 3.16. The van der Waals surface area contributed by atoms with E-state index in [9.17, 15) is 27.9 Å². The van der Waals surface area contributed by atoms with E-state index in [1.54, 1.807) is 6.92 Å². The molecule has 1 saturated heterocycles. The zero-order valence-corrected chi connectivity index (χ0v) is 20.4. The number of ether oxygens (including phenoxy) is 1. The first-order valence-electron chi connectivity index (χ1n) is 12.4. The van der Waals surface area contributed by atoms with Crippen molar-refractivity contribution in [2.45, 2.75) is 69.1 Å². The van der Waals surface area contributed by atoms with E-state index in [0.29, 0.717) is 32.4 Å². The van der Waals surface area contributed by atoms with E-state index in [-0.39, 0.29) is 24.6 Å². The second-order valence-corrected chi connectivity index (χ2v) is 10.7. The number of aliphatic carboxylic acids is 1. The second-order valence-electron chi connectivity index (χ2n) is 10.7. The zero-order valence-electron chi connectivity index (χ0n) is 20.4. The molecule has 2 aliphatic carbocycles. The fourth-order valence-corrected chi connectivity index (χ4v) is 6.32. The molecule has 3 aliphatic rings. The highest BCUT2D eigenvalue weighted by Crippen LogP contribution is 2.50. The van der Waals surface area contributed by atoms with Crippen LogP contribution in [0.15, 0.2) is 30.3 Å². The van der Waals surface area contributed by atoms with Crippen molar-refractivity contribution in [1.82, 2.24) is 9.80 Å². The van der Waals surface area contributed by atoms with Crippen LogP contribution in [0, 0.1) is 11.3 Å². The number of carboxylic acids is 1. The topological polar surface area (TPSA) is 70.1 Å². The van der Waals surface area contributed by atoms with Gasteiger partial charge in [-0.3, -0.25) is 14.5 Å². The average Bonchev–Trinajstić information content (AvgIpc) is 3.58. The van der Waals surface area contributed by atoms with E-state index < -0.39 is 35.4 Å². The van der Waals surface area contributed by atoms with Gasteiger partial charge in [0.15, 0.2) is 0 Å². The average molecular weight is 497 g/mol. The Kier molecular flexibility index (Phi) is 7.21. The van der Waals surface area contributed by atoms with Gasteiger partial charge in [0.2, 0.25) is 0 Å². The number of methoxy groups -OCH3 is 1. The first kappa shape index (κ1) is 25.9. The van der Waals surface area contributed by atoms with Crippen molar-refractivity contribution >= 4 is 11.9 Å². The third-order valence-electron chi connectivity index (χ3n) is 8.69. The Hall–Kier alpha value is -2.13. The maximum absolute atomic E-state index is 13.6. The van der Waals surface area contributed by atoms with Gasteiger partial charge in [0, 0.05) is 36.6 Å². The van der Waals surface area contributed by atoms with Gasteiger partial charge in [0.05, 0.1) is 12.5 Å². The van der Waals surface area contributed by atoms with E-state index in [4.69, 9.17) is 4.74 Å². The molecule has 1 aliphatic heterocycles. The SMILES string of the molecule is COCC1(CN(C(=O)C(F)(F)F)[C@@H]2C[C@H]2c2ccccc2)CCN(C2(C(C)C(=O)O)CCC2)CC1. The Morgan fingerprint density at radius 2 is 1.80 bits per heavy atom. The lowest BCUT2D eigenvalue weighted by Gasteiger charge is -2.56. The monoisotopic (exact) mass is 496 g/mol. The van der Waals surface area contributed by atoms with Gasteiger partial charge >= 0.3 is 18.1 Å². The number of likely N-dealkylation sites (tertiary alicyclic amines) is 1. The van der Waals surface area contributed by atoms with Gasteiger partial charge in [-0.2, -0.15) is 13.2 Å². The number of hydrogen-bond donors (Lipinski definition) is 1. The van der Waals surface area contributed by atoms with Crippen molar-refractivity contribution in [1.29, 1.82) is 0 Å². The molecule has 1 unspecified atom stereocenters. The van der Waals surface area contributed by atoms with E-state index >= 15 is 0 Å². The number of carbonyl (C=O) groups excluding carboxylic acids is 1. The van der Waals surface area contributed by atoms with Crippen LogP contribution >= 0.6 is 0 Å². The molecule has 2 saturated carbocycles. The highest BCUT2D eigenvalue weighted by atomic mass is 19.4. The van der Waals surface area contributed by atoms with Gasteiger partial charge in [-0.05, 0) is 57.2 Å². The number of halogens is 3. The predicted octanol–water partition coefficient (Wildman–Crippen LogP) is 4.31. The Morgan fingerprint density at radius 1 is 1.17 bits per heavy atom. The minimum absolute atomic E-state index is 0.0114. The summed E-state index contributed by atoms with van der Waals surface area (Å²) in [5.74, 6) is -3.21. The molecule has 6 nitrogen and oxygen atoms in total. The van der Waals surface area contributed by atoms with Crippen LogP contribution in [0.2, 0.25) is 0 Å². The lowest BCUT2D eigenvalue weighted by molar-refractivity contribution is -0.189. The minimum atomic E-state index is -4.94. The standard InChI is InChI=1S/C26H35F3N2O4/c1-18(22(32)33)25(9-6-10-25)30-13-11-24(12-14-30,17-35-2)16-31(23(34)26(27,28)29)21-15-20(21)19-7-4-3-5-8-19/h3-5,7-8,18,20-21H,6,9-17H2,1-2H3,(H,32,33)/t18?,20-,21+/m0/s1. The Morgan fingerprint density at radius 3 is 2.29 bits per heavy atom. The number of alkyl halides is 3. The molecule has 0 aromatic heterocycles. The Bertz CT molecular complexity index is 911. The highest BCUT2D eigenvalue weighted by Gasteiger charge is 2.56. The van der Waals surface area contributed by atoms with Crippen molar-refractivity contribution in [2.75, 3.05) is 33.4 Å². The zero-order chi connectivity index (χ0) is 25.4. The maximum Gasteiger partial charge on any atom is 0.471 e. The largest absolute Gasteiger partial charge is 0.481 e. The smallest absolute Gasteiger partial charge is 0.471 e. The molecule has 1 amide bonds. The fourth-order valence-electron chi connectivity index (χ4n) is 6.32. The molecule has 0 radical (unpaired) electrons. The molecule has 194 valence electrons. The van der Waals surface area contributed by atoms with Crippen LogP contribution in [0.1, 0.15) is 56.9 Å². The minimum Gasteiger partial charge on any atom is -0.481 e. The van der Waals surface area contributed by atoms with Crippen molar-refractivity contribution in [2.24, 2.45) is 11.3 Å². The third-order valence-corrected chi connectivity index (χ3v) is 8.69. The summed E-state index contributed by atoms with van der Waals surface area (Å²) in [7, 11) is 1.54. The summed E-state index contributed by atoms with van der Waals surface area (Å²) in [4.78, 5) is 27.6. The number of amides is 1. The molecule has 0 spiro atoms. The number of piperidine rings is 1. The quantitative estimate of drug-likeness (QED) is 0.552. The molecule has 1 N–H and O–H groups in total. The molecule has 9 heteroatoms. The van der Waals surface area contributed by atoms with Crippen LogP contribution < -0.4 is 0 Å². The first-order chi connectivity index (χ1) is 16.5. The summed E-state index contributed by atoms with van der Waals surface area (Å²) in [5.41, 5.74) is -0.0443. The number of carboxylic acid groups (broad SMARTS) is 1. The van der Waals surface area contributed by atoms with Crippen LogP contribution in [0.3, 0.4) is 0 Å². The molecule has 35 heavy (non-hydrogen) atoms. The number of rotatable bonds is 9. The van der Waals surface area contributed by atoms with Crippen LogP contribution in [0.25, 0.3) is 0 Å². The van der Waals surface area contributed by atoms with Gasteiger partial charge in [0.25, 0.3) is 0 Å². The normalized spacial score (nSPS) is 26.4. The van der Waals surface area contributed by atoms with Gasteiger partial charge in [-0.25, -0.2) is 0 Å². The molecular weight excluding hydrogens is 461 g/mol. The molecule has 3 atom stereocenters. The van der Waals surface area contributed by atoms with E-state index in [1.165, 1.54) is 7.11 Å². The number of hydrogen-bond acceptors (Lipinski definition) is 4. The summed E-state index contributed by atoms with van der Waals surface area (Å²) in [6.07, 6.45) is -0.702. The summed E-state index contributed by atoms with van der Waals surface area (Å²) < 4.78 is 46.4. The van der Waals surface area contributed by atoms with Gasteiger partial charge in [-0.15, -0.1) is 0 Å². The lowest BCUT2D eigenvalue weighted by atomic mass is 9.65. The third kappa shape index (κ3) is 5.07. The molecule has 4 rings (SSSR count). The number of benzene rings is 1. The lowest BCUT2D eigenvalue weighted by Crippen LogP contribution is -2.63. The van der Waals surface area contributed by atoms with E-state index in [2.05, 4.69) is 4.90 Å². The van der Waals surface area contributed by atoms with Crippen molar-refractivity contribution < 1.29 is 32.6 Å². The van der Waals surface area contributed by atoms with Crippen LogP contribution in [-0.2, 0) is 14.3 Å². The summed E-state index contributed by atoms with van der Waals surface area (Å²) >= 11 is 0. The van der Waals surface area contributed by atoms with Crippen molar-refractivity contribution in [3.05, 3.63) is 35.9 Å². The van der Waals surface area contributed by atoms with Gasteiger partial charge in [0.1, 0.15) is 0 Å². The van der Waals surface area contributed by atoms with Crippen LogP contribution in [0.5, 0.6) is 0 Å². The molecule has 0 bridgehead atoms. The summed E-state index contributed by atoms with van der Waals surface area (Å²) in [5, 5.41) is 9.65. The maximum atomic E-state index is 13.6. The number of carbonyl (C=O) groups is 2. The van der Waals surface area contributed by atoms with Crippen LogP contribution in [0.4, 0.5) is 13.2 Å². The Labute approximate surface area is 204 Å². The summed E-state index contributed by atoms with van der Waals surface area (Å²) in [6, 6.07) is 8.89. The predicted molar refractivity (Wildman–Crippen MR) is 124 cm³/mol.